The maximum atomic E-state index is 12.6. The fourth-order valence-electron chi connectivity index (χ4n) is 2.33. The smallest absolute Gasteiger partial charge is 0.312 e. The van der Waals surface area contributed by atoms with Gasteiger partial charge in [-0.15, -0.1) is 11.3 Å². The molecule has 2 heterocycles. The van der Waals surface area contributed by atoms with E-state index in [0.29, 0.717) is 11.3 Å². The first-order chi connectivity index (χ1) is 9.51. The molecule has 7 heteroatoms. The molecule has 20 heavy (non-hydrogen) atoms. The van der Waals surface area contributed by atoms with Crippen molar-refractivity contribution in [1.82, 2.24) is 0 Å². The SMILES string of the molecule is O=C(O)C1CN(S(=O)(=O)c2cccs2)c2ccccc21. The molecule has 0 radical (unpaired) electrons. The number of benzene rings is 1. The highest BCUT2D eigenvalue weighted by molar-refractivity contribution is 7.94. The number of fused-ring (bicyclic) bond motifs is 1. The van der Waals surface area contributed by atoms with Crippen molar-refractivity contribution in [3.63, 3.8) is 0 Å². The minimum atomic E-state index is -3.69. The lowest BCUT2D eigenvalue weighted by molar-refractivity contribution is -0.138. The first-order valence-corrected chi connectivity index (χ1v) is 8.22. The van der Waals surface area contributed by atoms with Crippen LogP contribution in [0.1, 0.15) is 11.5 Å². The fraction of sp³-hybridized carbons (Fsp3) is 0.154. The van der Waals surface area contributed by atoms with Crippen LogP contribution in [-0.2, 0) is 14.8 Å². The number of rotatable bonds is 3. The number of hydrogen-bond acceptors (Lipinski definition) is 4. The minimum Gasteiger partial charge on any atom is -0.481 e. The number of para-hydroxylation sites is 1. The number of hydrogen-bond donors (Lipinski definition) is 1. The highest BCUT2D eigenvalue weighted by atomic mass is 32.2. The van der Waals surface area contributed by atoms with Gasteiger partial charge in [0.05, 0.1) is 12.2 Å². The van der Waals surface area contributed by atoms with Crippen molar-refractivity contribution in [2.75, 3.05) is 10.8 Å². The van der Waals surface area contributed by atoms with Crippen LogP contribution in [0.4, 0.5) is 5.69 Å². The van der Waals surface area contributed by atoms with Crippen molar-refractivity contribution in [3.05, 3.63) is 47.3 Å². The summed E-state index contributed by atoms with van der Waals surface area (Å²) in [6.07, 6.45) is 0. The van der Waals surface area contributed by atoms with Crippen molar-refractivity contribution in [1.29, 1.82) is 0 Å². The second-order valence-corrected chi connectivity index (χ2v) is 7.45. The minimum absolute atomic E-state index is 0.0606. The topological polar surface area (TPSA) is 74.7 Å². The maximum absolute atomic E-state index is 12.6. The van der Waals surface area contributed by atoms with Crippen molar-refractivity contribution >= 4 is 33.0 Å². The van der Waals surface area contributed by atoms with Gasteiger partial charge in [-0.2, -0.15) is 0 Å². The summed E-state index contributed by atoms with van der Waals surface area (Å²) in [5, 5.41) is 10.9. The summed E-state index contributed by atoms with van der Waals surface area (Å²) in [5.41, 5.74) is 0.994. The van der Waals surface area contributed by atoms with Crippen molar-refractivity contribution in [2.24, 2.45) is 0 Å². The number of carboxylic acids is 1. The van der Waals surface area contributed by atoms with Crippen LogP contribution in [0.2, 0.25) is 0 Å². The van der Waals surface area contributed by atoms with E-state index in [1.165, 1.54) is 10.4 Å². The van der Waals surface area contributed by atoms with Crippen LogP contribution < -0.4 is 4.31 Å². The Kier molecular flexibility index (Phi) is 3.02. The van der Waals surface area contributed by atoms with Gasteiger partial charge >= 0.3 is 5.97 Å². The number of nitrogens with zero attached hydrogens (tertiary/aromatic N) is 1. The third-order valence-corrected chi connectivity index (χ3v) is 6.42. The molecule has 1 aliphatic rings. The van der Waals surface area contributed by atoms with Crippen LogP contribution >= 0.6 is 11.3 Å². The zero-order valence-corrected chi connectivity index (χ0v) is 11.9. The first-order valence-electron chi connectivity index (χ1n) is 5.90. The van der Waals surface area contributed by atoms with Gasteiger partial charge in [0.15, 0.2) is 0 Å². The molecule has 0 fully saturated rings. The van der Waals surface area contributed by atoms with Gasteiger partial charge in [0.25, 0.3) is 10.0 Å². The van der Waals surface area contributed by atoms with Gasteiger partial charge in [0.2, 0.25) is 0 Å². The quantitative estimate of drug-likeness (QED) is 0.942. The first kappa shape index (κ1) is 13.1. The van der Waals surface area contributed by atoms with E-state index in [9.17, 15) is 18.3 Å². The number of aliphatic carboxylic acids is 1. The van der Waals surface area contributed by atoms with Gasteiger partial charge in [-0.1, -0.05) is 24.3 Å². The molecule has 2 aromatic rings. The molecule has 0 bridgehead atoms. The van der Waals surface area contributed by atoms with Crippen LogP contribution in [0, 0.1) is 0 Å². The molecule has 1 unspecified atom stereocenters. The van der Waals surface area contributed by atoms with E-state index in [1.54, 1.807) is 35.7 Å². The number of anilines is 1. The lowest BCUT2D eigenvalue weighted by Crippen LogP contribution is -2.30. The molecule has 104 valence electrons. The van der Waals surface area contributed by atoms with Gasteiger partial charge in [-0.05, 0) is 23.1 Å². The Hall–Kier alpha value is -1.86. The summed E-state index contributed by atoms with van der Waals surface area (Å²) in [6.45, 7) is -0.0606. The summed E-state index contributed by atoms with van der Waals surface area (Å²) >= 11 is 1.12. The second kappa shape index (κ2) is 4.60. The Labute approximate surface area is 120 Å². The average molecular weight is 309 g/mol. The normalized spacial score (nSPS) is 18.0. The van der Waals surface area contributed by atoms with E-state index in [4.69, 9.17) is 0 Å². The van der Waals surface area contributed by atoms with E-state index in [-0.39, 0.29) is 10.8 Å². The molecule has 0 amide bonds. The molecule has 3 rings (SSSR count). The lowest BCUT2D eigenvalue weighted by Gasteiger charge is -2.18. The van der Waals surface area contributed by atoms with Crippen LogP contribution in [-0.4, -0.2) is 26.0 Å². The molecule has 0 spiro atoms. The number of thiophene rings is 1. The molecule has 1 aliphatic heterocycles. The molecule has 1 aromatic carbocycles. The molecule has 0 aliphatic carbocycles. The standard InChI is InChI=1S/C13H11NO4S2/c15-13(16)10-8-14(11-5-2-1-4-9(10)11)20(17,18)12-6-3-7-19-12/h1-7,10H,8H2,(H,15,16). The predicted molar refractivity (Wildman–Crippen MR) is 75.7 cm³/mol. The Balaban J connectivity index is 2.12. The van der Waals surface area contributed by atoms with Crippen LogP contribution in [0.5, 0.6) is 0 Å². The van der Waals surface area contributed by atoms with E-state index >= 15 is 0 Å². The zero-order valence-electron chi connectivity index (χ0n) is 10.3. The van der Waals surface area contributed by atoms with Crippen molar-refractivity contribution < 1.29 is 18.3 Å². The predicted octanol–water partition coefficient (Wildman–Crippen LogP) is 2.13. The Morgan fingerprint density at radius 2 is 2.00 bits per heavy atom. The number of carbonyl (C=O) groups is 1. The second-order valence-electron chi connectivity index (χ2n) is 4.42. The van der Waals surface area contributed by atoms with Crippen LogP contribution in [0.3, 0.4) is 0 Å². The molecule has 1 aromatic heterocycles. The molecule has 0 saturated carbocycles. The zero-order chi connectivity index (χ0) is 14.3. The molecule has 1 atom stereocenters. The highest BCUT2D eigenvalue weighted by Crippen LogP contribution is 2.40. The Morgan fingerprint density at radius 3 is 2.65 bits per heavy atom. The third kappa shape index (κ3) is 1.90. The van der Waals surface area contributed by atoms with Gasteiger partial charge in [0.1, 0.15) is 10.1 Å². The maximum Gasteiger partial charge on any atom is 0.312 e. The van der Waals surface area contributed by atoms with Crippen LogP contribution in [0.15, 0.2) is 46.0 Å². The third-order valence-electron chi connectivity index (χ3n) is 3.27. The molecule has 0 saturated heterocycles. The largest absolute Gasteiger partial charge is 0.481 e. The monoisotopic (exact) mass is 309 g/mol. The van der Waals surface area contributed by atoms with Gasteiger partial charge in [0, 0.05) is 0 Å². The van der Waals surface area contributed by atoms with Crippen LogP contribution in [0.25, 0.3) is 0 Å². The molecular weight excluding hydrogens is 298 g/mol. The highest BCUT2D eigenvalue weighted by Gasteiger charge is 2.39. The van der Waals surface area contributed by atoms with E-state index in [2.05, 4.69) is 0 Å². The molecule has 1 N–H and O–H groups in total. The number of carboxylic acid groups (broad SMARTS) is 1. The van der Waals surface area contributed by atoms with E-state index < -0.39 is 21.9 Å². The van der Waals surface area contributed by atoms with Gasteiger partial charge in [-0.25, -0.2) is 8.42 Å². The molecule has 5 nitrogen and oxygen atoms in total. The summed E-state index contributed by atoms with van der Waals surface area (Å²) in [7, 11) is -3.69. The van der Waals surface area contributed by atoms with Crippen molar-refractivity contribution in [2.45, 2.75) is 10.1 Å². The van der Waals surface area contributed by atoms with E-state index in [1.807, 2.05) is 0 Å². The Morgan fingerprint density at radius 1 is 1.25 bits per heavy atom. The van der Waals surface area contributed by atoms with Gasteiger partial charge in [-0.3, -0.25) is 9.10 Å². The summed E-state index contributed by atoms with van der Waals surface area (Å²) in [4.78, 5) is 11.3. The summed E-state index contributed by atoms with van der Waals surface area (Å²) in [5.74, 6) is -1.83. The lowest BCUT2D eigenvalue weighted by atomic mass is 10.0. The Bertz CT molecular complexity index is 752. The van der Waals surface area contributed by atoms with Crippen molar-refractivity contribution in [3.8, 4) is 0 Å². The summed E-state index contributed by atoms with van der Waals surface area (Å²) in [6, 6.07) is 9.92. The van der Waals surface area contributed by atoms with E-state index in [0.717, 1.165) is 11.3 Å². The summed E-state index contributed by atoms with van der Waals surface area (Å²) < 4.78 is 26.5. The fourth-order valence-corrected chi connectivity index (χ4v) is 4.94. The number of sulfonamides is 1. The van der Waals surface area contributed by atoms with Gasteiger partial charge < -0.3 is 5.11 Å². The molecular formula is C13H11NO4S2. The average Bonchev–Trinajstić information content (AvgIpc) is 3.07.